The zero-order chi connectivity index (χ0) is 25.7. The van der Waals surface area contributed by atoms with Gasteiger partial charge in [0, 0.05) is 15.8 Å². The largest absolute Gasteiger partial charge is 0.345 e. The summed E-state index contributed by atoms with van der Waals surface area (Å²) in [6.45, 7) is 4.09. The molecule has 0 saturated heterocycles. The number of hydrogen-bond acceptors (Lipinski definition) is 5. The van der Waals surface area contributed by atoms with Gasteiger partial charge < -0.3 is 10.6 Å². The van der Waals surface area contributed by atoms with Crippen molar-refractivity contribution in [2.45, 2.75) is 25.5 Å². The minimum Gasteiger partial charge on any atom is -0.345 e. The molecule has 0 bridgehead atoms. The summed E-state index contributed by atoms with van der Waals surface area (Å²) < 4.78 is 2.60. The SMILES string of the molecule is Cc1cccc(NC(=O)CSc2nnc(CNC(=O)c3cc(Br)ccc3Cl)n2-c2cccc(C)c2)c1. The van der Waals surface area contributed by atoms with Crippen molar-refractivity contribution in [2.24, 2.45) is 0 Å². The van der Waals surface area contributed by atoms with Crippen molar-refractivity contribution < 1.29 is 9.59 Å². The first kappa shape index (κ1) is 25.9. The summed E-state index contributed by atoms with van der Waals surface area (Å²) in [5, 5.41) is 15.3. The maximum atomic E-state index is 12.8. The number of rotatable bonds is 8. The van der Waals surface area contributed by atoms with Gasteiger partial charge in [0.25, 0.3) is 5.91 Å². The molecule has 0 aliphatic carbocycles. The highest BCUT2D eigenvalue weighted by atomic mass is 79.9. The van der Waals surface area contributed by atoms with Crippen LogP contribution in [0.1, 0.15) is 27.3 Å². The van der Waals surface area contributed by atoms with Crippen molar-refractivity contribution in [3.05, 3.63) is 98.7 Å². The normalized spacial score (nSPS) is 10.8. The van der Waals surface area contributed by atoms with Crippen molar-refractivity contribution in [3.63, 3.8) is 0 Å². The molecule has 4 aromatic rings. The van der Waals surface area contributed by atoms with Gasteiger partial charge in [0.1, 0.15) is 0 Å². The van der Waals surface area contributed by atoms with Gasteiger partial charge in [0.15, 0.2) is 11.0 Å². The lowest BCUT2D eigenvalue weighted by Crippen LogP contribution is -2.25. The Bertz CT molecular complexity index is 1430. The Morgan fingerprint density at radius 1 is 1.00 bits per heavy atom. The van der Waals surface area contributed by atoms with Crippen LogP contribution in [-0.4, -0.2) is 32.3 Å². The highest BCUT2D eigenvalue weighted by Crippen LogP contribution is 2.24. The molecule has 0 spiro atoms. The molecule has 3 aromatic carbocycles. The number of nitrogens with one attached hydrogen (secondary N) is 2. The van der Waals surface area contributed by atoms with Gasteiger partial charge in [-0.15, -0.1) is 10.2 Å². The second-order valence-corrected chi connectivity index (χ2v) is 10.4. The average Bonchev–Trinajstić information content (AvgIpc) is 3.25. The van der Waals surface area contributed by atoms with Gasteiger partial charge in [-0.25, -0.2) is 0 Å². The number of hydrogen-bond donors (Lipinski definition) is 2. The molecule has 0 aliphatic rings. The van der Waals surface area contributed by atoms with Gasteiger partial charge in [-0.1, -0.05) is 63.6 Å². The van der Waals surface area contributed by atoms with Gasteiger partial charge in [-0.05, 0) is 67.4 Å². The number of halogens is 2. The lowest BCUT2D eigenvalue weighted by molar-refractivity contribution is -0.113. The zero-order valence-corrected chi connectivity index (χ0v) is 22.7. The van der Waals surface area contributed by atoms with Crippen LogP contribution in [0.15, 0.2) is 76.4 Å². The summed E-state index contributed by atoms with van der Waals surface area (Å²) in [6.07, 6.45) is 0. The number of thioether (sulfide) groups is 1. The van der Waals surface area contributed by atoms with Crippen LogP contribution in [0.2, 0.25) is 5.02 Å². The first-order valence-corrected chi connectivity index (χ1v) is 13.2. The maximum Gasteiger partial charge on any atom is 0.253 e. The van der Waals surface area contributed by atoms with Crippen molar-refractivity contribution in [1.82, 2.24) is 20.1 Å². The second kappa shape index (κ2) is 11.7. The van der Waals surface area contributed by atoms with E-state index >= 15 is 0 Å². The van der Waals surface area contributed by atoms with E-state index in [0.29, 0.717) is 21.6 Å². The Balaban J connectivity index is 1.52. The summed E-state index contributed by atoms with van der Waals surface area (Å²) >= 11 is 10.8. The van der Waals surface area contributed by atoms with E-state index in [4.69, 9.17) is 11.6 Å². The Morgan fingerprint density at radius 2 is 1.75 bits per heavy atom. The molecule has 2 amide bonds. The summed E-state index contributed by atoms with van der Waals surface area (Å²) in [4.78, 5) is 25.4. The summed E-state index contributed by atoms with van der Waals surface area (Å²) in [7, 11) is 0. The topological polar surface area (TPSA) is 88.9 Å². The maximum absolute atomic E-state index is 12.8. The van der Waals surface area contributed by atoms with Crippen molar-refractivity contribution >= 4 is 56.8 Å². The molecule has 0 saturated carbocycles. The third-order valence-corrected chi connectivity index (χ3v) is 6.93. The first-order valence-electron chi connectivity index (χ1n) is 11.0. The first-order chi connectivity index (χ1) is 17.3. The van der Waals surface area contributed by atoms with Crippen LogP contribution in [0.4, 0.5) is 5.69 Å². The Kier molecular flexibility index (Phi) is 8.45. The highest BCUT2D eigenvalue weighted by Gasteiger charge is 2.18. The van der Waals surface area contributed by atoms with Gasteiger partial charge in [-0.2, -0.15) is 0 Å². The predicted molar refractivity (Wildman–Crippen MR) is 147 cm³/mol. The van der Waals surface area contributed by atoms with Crippen molar-refractivity contribution in [3.8, 4) is 5.69 Å². The van der Waals surface area contributed by atoms with Crippen molar-refractivity contribution in [1.29, 1.82) is 0 Å². The number of carbonyl (C=O) groups excluding carboxylic acids is 2. The van der Waals surface area contributed by atoms with Crippen LogP contribution in [0.25, 0.3) is 5.69 Å². The minimum absolute atomic E-state index is 0.124. The summed E-state index contributed by atoms with van der Waals surface area (Å²) in [6, 6.07) is 20.6. The lowest BCUT2D eigenvalue weighted by atomic mass is 10.2. The van der Waals surface area contributed by atoms with Gasteiger partial charge >= 0.3 is 0 Å². The van der Waals surface area contributed by atoms with E-state index in [2.05, 4.69) is 36.8 Å². The molecule has 0 fully saturated rings. The zero-order valence-electron chi connectivity index (χ0n) is 19.6. The van der Waals surface area contributed by atoms with E-state index in [1.807, 2.05) is 66.9 Å². The van der Waals surface area contributed by atoms with Crippen LogP contribution in [0.3, 0.4) is 0 Å². The highest BCUT2D eigenvalue weighted by molar-refractivity contribution is 9.10. The minimum atomic E-state index is -0.327. The Hall–Kier alpha value is -3.14. The number of aryl methyl sites for hydroxylation is 2. The Morgan fingerprint density at radius 3 is 2.50 bits per heavy atom. The average molecular weight is 585 g/mol. The van der Waals surface area contributed by atoms with E-state index in [9.17, 15) is 9.59 Å². The van der Waals surface area contributed by atoms with Crippen molar-refractivity contribution in [2.75, 3.05) is 11.1 Å². The van der Waals surface area contributed by atoms with E-state index < -0.39 is 0 Å². The molecule has 0 aliphatic heterocycles. The summed E-state index contributed by atoms with van der Waals surface area (Å²) in [5.41, 5.74) is 4.07. The van der Waals surface area contributed by atoms with Crippen LogP contribution in [0, 0.1) is 13.8 Å². The fourth-order valence-electron chi connectivity index (χ4n) is 3.51. The molecule has 0 unspecified atom stereocenters. The third kappa shape index (κ3) is 6.54. The number of carbonyl (C=O) groups is 2. The third-order valence-electron chi connectivity index (χ3n) is 5.17. The number of anilines is 1. The van der Waals surface area contributed by atoms with Crippen LogP contribution >= 0.6 is 39.3 Å². The number of amides is 2. The quantitative estimate of drug-likeness (QED) is 0.250. The van der Waals surface area contributed by atoms with Gasteiger partial charge in [-0.3, -0.25) is 14.2 Å². The molecule has 4 rings (SSSR count). The van der Waals surface area contributed by atoms with Crippen LogP contribution in [-0.2, 0) is 11.3 Å². The molecular weight excluding hydrogens is 562 g/mol. The molecule has 36 heavy (non-hydrogen) atoms. The van der Waals surface area contributed by atoms with E-state index in [0.717, 1.165) is 27.0 Å². The van der Waals surface area contributed by atoms with E-state index in [-0.39, 0.29) is 24.1 Å². The smallest absolute Gasteiger partial charge is 0.253 e. The molecule has 1 aromatic heterocycles. The standard InChI is InChI=1S/C26H23BrClN5O2S/c1-16-5-3-7-19(11-16)30-24(34)15-36-26-32-31-23(33(26)20-8-4-6-17(2)12-20)14-29-25(35)21-13-18(27)9-10-22(21)28/h3-13H,14-15H2,1-2H3,(H,29,35)(H,30,34). The fourth-order valence-corrected chi connectivity index (χ4v) is 4.85. The molecular formula is C26H23BrClN5O2S. The fraction of sp³-hybridized carbons (Fsp3) is 0.154. The number of nitrogens with zero attached hydrogens (tertiary/aromatic N) is 3. The lowest BCUT2D eigenvalue weighted by Gasteiger charge is -2.12. The van der Waals surface area contributed by atoms with Crippen LogP contribution < -0.4 is 10.6 Å². The predicted octanol–water partition coefficient (Wildman–Crippen LogP) is 5.96. The molecule has 10 heteroatoms. The van der Waals surface area contributed by atoms with E-state index in [1.54, 1.807) is 18.2 Å². The monoisotopic (exact) mass is 583 g/mol. The Labute approximate surface area is 226 Å². The van der Waals surface area contributed by atoms with Crippen LogP contribution in [0.5, 0.6) is 0 Å². The number of benzene rings is 3. The van der Waals surface area contributed by atoms with Gasteiger partial charge in [0.05, 0.1) is 22.9 Å². The molecule has 0 radical (unpaired) electrons. The second-order valence-electron chi connectivity index (χ2n) is 8.09. The molecule has 1 heterocycles. The van der Waals surface area contributed by atoms with E-state index in [1.165, 1.54) is 11.8 Å². The number of aromatic nitrogens is 3. The molecule has 184 valence electrons. The summed E-state index contributed by atoms with van der Waals surface area (Å²) in [5.74, 6) is 0.204. The molecule has 2 N–H and O–H groups in total. The molecule has 7 nitrogen and oxygen atoms in total. The van der Waals surface area contributed by atoms with Gasteiger partial charge in [0.2, 0.25) is 5.91 Å². The molecule has 0 atom stereocenters.